The van der Waals surface area contributed by atoms with Crippen molar-refractivity contribution >= 4 is 38.6 Å². The zero-order valence-corrected chi connectivity index (χ0v) is 14.0. The lowest BCUT2D eigenvalue weighted by Crippen LogP contribution is -2.30. The van der Waals surface area contributed by atoms with Crippen LogP contribution >= 0.6 is 15.9 Å². The summed E-state index contributed by atoms with van der Waals surface area (Å²) in [5.41, 5.74) is 0.942. The number of para-hydroxylation sites is 1. The molecule has 0 saturated carbocycles. The normalized spacial score (nSPS) is 10.9. The summed E-state index contributed by atoms with van der Waals surface area (Å²) in [6.07, 6.45) is 0. The van der Waals surface area contributed by atoms with Gasteiger partial charge >= 0.3 is 0 Å². The number of fused-ring (bicyclic) bond motifs is 1. The molecule has 0 fully saturated rings. The molecule has 3 rings (SSSR count). The summed E-state index contributed by atoms with van der Waals surface area (Å²) in [5.74, 6) is 0.0679. The van der Waals surface area contributed by atoms with Crippen molar-refractivity contribution in [2.75, 3.05) is 5.32 Å². The number of carbonyl (C=O) groups is 1. The average Bonchev–Trinajstić information content (AvgIpc) is 2.87. The molecule has 1 N–H and O–H groups in total. The summed E-state index contributed by atoms with van der Waals surface area (Å²) < 4.78 is 7.07. The number of anilines is 1. The molecular weight excluding hydrogens is 364 g/mol. The highest BCUT2D eigenvalue weighted by Gasteiger charge is 2.17. The lowest BCUT2D eigenvalue weighted by atomic mass is 10.3. The number of nitrogens with zero attached hydrogens (tertiary/aromatic N) is 3. The molecule has 7 nitrogen and oxygen atoms in total. The molecule has 2 heterocycles. The van der Waals surface area contributed by atoms with E-state index in [1.165, 1.54) is 4.57 Å². The van der Waals surface area contributed by atoms with Gasteiger partial charge in [-0.25, -0.2) is 0 Å². The van der Waals surface area contributed by atoms with E-state index in [1.54, 1.807) is 19.9 Å². The molecule has 0 spiro atoms. The van der Waals surface area contributed by atoms with Crippen molar-refractivity contribution in [2.45, 2.75) is 20.4 Å². The van der Waals surface area contributed by atoms with Gasteiger partial charge in [0.05, 0.1) is 11.4 Å². The van der Waals surface area contributed by atoms with Crippen molar-refractivity contribution in [1.29, 1.82) is 0 Å². The Labute approximate surface area is 139 Å². The number of aromatic nitrogens is 3. The number of hydrogen-bond donors (Lipinski definition) is 1. The van der Waals surface area contributed by atoms with E-state index in [0.717, 1.165) is 4.47 Å². The third kappa shape index (κ3) is 2.89. The number of benzene rings is 1. The molecule has 3 aromatic rings. The molecule has 0 radical (unpaired) electrons. The maximum Gasteiger partial charge on any atom is 0.267 e. The lowest BCUT2D eigenvalue weighted by Gasteiger charge is -2.10. The average molecular weight is 377 g/mol. The molecule has 0 aliphatic carbocycles. The monoisotopic (exact) mass is 376 g/mol. The molecular formula is C15H13BrN4O3. The van der Waals surface area contributed by atoms with Crippen LogP contribution in [-0.4, -0.2) is 20.6 Å². The Kier molecular flexibility index (Phi) is 3.99. The molecule has 0 saturated heterocycles. The summed E-state index contributed by atoms with van der Waals surface area (Å²) in [4.78, 5) is 28.9. The molecule has 0 bridgehead atoms. The van der Waals surface area contributed by atoms with Crippen molar-refractivity contribution in [3.8, 4) is 0 Å². The van der Waals surface area contributed by atoms with Gasteiger partial charge in [-0.1, -0.05) is 17.3 Å². The lowest BCUT2D eigenvalue weighted by molar-refractivity contribution is -0.116. The van der Waals surface area contributed by atoms with Gasteiger partial charge in [-0.15, -0.1) is 0 Å². The van der Waals surface area contributed by atoms with Crippen LogP contribution in [0.1, 0.15) is 11.5 Å². The predicted octanol–water partition coefficient (Wildman–Crippen LogP) is 2.40. The number of carbonyl (C=O) groups excluding carboxylic acids is 1. The summed E-state index contributed by atoms with van der Waals surface area (Å²) in [7, 11) is 0. The van der Waals surface area contributed by atoms with Gasteiger partial charge in [0.1, 0.15) is 17.8 Å². The number of halogens is 1. The molecule has 8 heteroatoms. The van der Waals surface area contributed by atoms with Crippen LogP contribution in [0.2, 0.25) is 0 Å². The Balaban J connectivity index is 1.92. The van der Waals surface area contributed by atoms with E-state index >= 15 is 0 Å². The molecule has 0 unspecified atom stereocenters. The van der Waals surface area contributed by atoms with E-state index in [-0.39, 0.29) is 23.7 Å². The first-order chi connectivity index (χ1) is 11.0. The highest BCUT2D eigenvalue weighted by atomic mass is 79.9. The molecule has 1 aromatic carbocycles. The van der Waals surface area contributed by atoms with Crippen LogP contribution in [-0.2, 0) is 11.3 Å². The van der Waals surface area contributed by atoms with Crippen LogP contribution in [0.15, 0.2) is 38.1 Å². The van der Waals surface area contributed by atoms with Crippen molar-refractivity contribution in [2.24, 2.45) is 0 Å². The van der Waals surface area contributed by atoms with Gasteiger partial charge in [-0.05, 0) is 41.9 Å². The third-order valence-corrected chi connectivity index (χ3v) is 4.10. The third-order valence-electron chi connectivity index (χ3n) is 3.41. The Hall–Kier alpha value is -2.48. The second kappa shape index (κ2) is 5.96. The van der Waals surface area contributed by atoms with E-state index in [9.17, 15) is 9.59 Å². The number of amides is 1. The molecule has 0 aliphatic heterocycles. The van der Waals surface area contributed by atoms with Gasteiger partial charge in [0, 0.05) is 4.47 Å². The smallest absolute Gasteiger partial charge is 0.267 e. The second-order valence-corrected chi connectivity index (χ2v) is 5.88. The van der Waals surface area contributed by atoms with Crippen LogP contribution in [0.25, 0.3) is 11.1 Å². The minimum Gasteiger partial charge on any atom is -0.335 e. The quantitative estimate of drug-likeness (QED) is 0.757. The van der Waals surface area contributed by atoms with Crippen molar-refractivity contribution in [3.63, 3.8) is 0 Å². The minimum absolute atomic E-state index is 0.139. The molecule has 2 aromatic heterocycles. The molecule has 1 amide bonds. The standard InChI is InChI=1S/C15H13BrN4O3/c1-8-13-14(23-19-8)17-9(2)20(15(13)22)7-12(21)18-11-6-4-3-5-10(11)16/h3-6H,7H2,1-2H3,(H,18,21). The summed E-state index contributed by atoms with van der Waals surface area (Å²) in [6, 6.07) is 7.25. The molecule has 23 heavy (non-hydrogen) atoms. The Morgan fingerprint density at radius 1 is 1.35 bits per heavy atom. The largest absolute Gasteiger partial charge is 0.335 e. The van der Waals surface area contributed by atoms with E-state index < -0.39 is 0 Å². The van der Waals surface area contributed by atoms with Crippen LogP contribution in [0.3, 0.4) is 0 Å². The number of nitrogens with one attached hydrogen (secondary N) is 1. The van der Waals surface area contributed by atoms with Gasteiger partial charge in [0.15, 0.2) is 0 Å². The van der Waals surface area contributed by atoms with Gasteiger partial charge < -0.3 is 9.84 Å². The number of hydrogen-bond acceptors (Lipinski definition) is 5. The zero-order chi connectivity index (χ0) is 16.6. The molecule has 0 aliphatic rings. The maximum absolute atomic E-state index is 12.5. The van der Waals surface area contributed by atoms with Crippen LogP contribution in [0.5, 0.6) is 0 Å². The van der Waals surface area contributed by atoms with Crippen LogP contribution < -0.4 is 10.9 Å². The first-order valence-electron chi connectivity index (χ1n) is 6.85. The summed E-state index contributed by atoms with van der Waals surface area (Å²) in [6.45, 7) is 3.17. The first kappa shape index (κ1) is 15.4. The highest BCUT2D eigenvalue weighted by molar-refractivity contribution is 9.10. The number of aryl methyl sites for hydroxylation is 2. The van der Waals surface area contributed by atoms with Crippen LogP contribution in [0, 0.1) is 13.8 Å². The zero-order valence-electron chi connectivity index (χ0n) is 12.5. The second-order valence-electron chi connectivity index (χ2n) is 5.03. The number of rotatable bonds is 3. The van der Waals surface area contributed by atoms with Crippen LogP contribution in [0.4, 0.5) is 5.69 Å². The Bertz CT molecular complexity index is 961. The molecule has 0 atom stereocenters. The SMILES string of the molecule is Cc1noc2nc(C)n(CC(=O)Nc3ccccc3Br)c(=O)c12. The predicted molar refractivity (Wildman–Crippen MR) is 88.3 cm³/mol. The summed E-state index contributed by atoms with van der Waals surface area (Å²) >= 11 is 3.36. The first-order valence-corrected chi connectivity index (χ1v) is 7.64. The fourth-order valence-electron chi connectivity index (χ4n) is 2.25. The van der Waals surface area contributed by atoms with Gasteiger partial charge in [0.25, 0.3) is 11.3 Å². The fourth-order valence-corrected chi connectivity index (χ4v) is 2.64. The van der Waals surface area contributed by atoms with E-state index in [0.29, 0.717) is 22.6 Å². The Morgan fingerprint density at radius 3 is 2.83 bits per heavy atom. The molecule has 118 valence electrons. The maximum atomic E-state index is 12.5. The van der Waals surface area contributed by atoms with Crippen molar-refractivity contribution in [3.05, 3.63) is 50.6 Å². The summed E-state index contributed by atoms with van der Waals surface area (Å²) in [5, 5.41) is 6.79. The highest BCUT2D eigenvalue weighted by Crippen LogP contribution is 2.21. The van der Waals surface area contributed by atoms with Crippen molar-refractivity contribution in [1.82, 2.24) is 14.7 Å². The van der Waals surface area contributed by atoms with Gasteiger partial charge in [-0.2, -0.15) is 4.98 Å². The topological polar surface area (TPSA) is 90.0 Å². The van der Waals surface area contributed by atoms with Gasteiger partial charge in [-0.3, -0.25) is 14.2 Å². The fraction of sp³-hybridized carbons (Fsp3) is 0.200. The van der Waals surface area contributed by atoms with Gasteiger partial charge in [0.2, 0.25) is 5.91 Å². The van der Waals surface area contributed by atoms with E-state index in [4.69, 9.17) is 4.52 Å². The van der Waals surface area contributed by atoms with E-state index in [2.05, 4.69) is 31.4 Å². The van der Waals surface area contributed by atoms with E-state index in [1.807, 2.05) is 18.2 Å². The van der Waals surface area contributed by atoms with Crippen molar-refractivity contribution < 1.29 is 9.32 Å². The Morgan fingerprint density at radius 2 is 2.09 bits per heavy atom. The minimum atomic E-state index is -0.339.